The molecule has 0 saturated carbocycles. The minimum Gasteiger partial charge on any atom is -0.349 e. The summed E-state index contributed by atoms with van der Waals surface area (Å²) in [4.78, 5) is 3.36. The fourth-order valence-corrected chi connectivity index (χ4v) is 2.41. The minimum atomic E-state index is -3.12. The molecule has 14 heavy (non-hydrogen) atoms. The number of rotatable bonds is 1. The van der Waals surface area contributed by atoms with Crippen LogP contribution in [0, 0.1) is 0 Å². The van der Waals surface area contributed by atoms with Gasteiger partial charge in [0.05, 0.1) is 9.50 Å². The van der Waals surface area contributed by atoms with Gasteiger partial charge < -0.3 is 4.98 Å². The summed E-state index contributed by atoms with van der Waals surface area (Å²) < 4.78 is 23.4. The molecule has 2 aromatic rings. The van der Waals surface area contributed by atoms with Gasteiger partial charge in [-0.3, -0.25) is 0 Å². The number of benzene rings is 1. The Morgan fingerprint density at radius 2 is 2.00 bits per heavy atom. The summed E-state index contributed by atoms with van der Waals surface area (Å²) in [7, 11) is -3.12. The van der Waals surface area contributed by atoms with E-state index >= 15 is 0 Å². The van der Waals surface area contributed by atoms with Crippen LogP contribution in [0.15, 0.2) is 33.8 Å². The first-order valence-electron chi connectivity index (χ1n) is 3.95. The SMILES string of the molecule is CS(=O)(=O)c1ccc2cc(Br)[nH]c2c1. The van der Waals surface area contributed by atoms with Gasteiger partial charge in [-0.15, -0.1) is 0 Å². The van der Waals surface area contributed by atoms with Gasteiger partial charge >= 0.3 is 0 Å². The molecule has 74 valence electrons. The molecule has 1 N–H and O–H groups in total. The predicted molar refractivity (Wildman–Crippen MR) is 59.1 cm³/mol. The van der Waals surface area contributed by atoms with E-state index in [1.165, 1.54) is 6.26 Å². The summed E-state index contributed by atoms with van der Waals surface area (Å²) in [5, 5.41) is 0.990. The molecule has 5 heteroatoms. The highest BCUT2D eigenvalue weighted by Gasteiger charge is 2.08. The highest BCUT2D eigenvalue weighted by molar-refractivity contribution is 9.10. The van der Waals surface area contributed by atoms with E-state index in [4.69, 9.17) is 0 Å². The van der Waals surface area contributed by atoms with Crippen LogP contribution in [0.25, 0.3) is 10.9 Å². The largest absolute Gasteiger partial charge is 0.349 e. The fraction of sp³-hybridized carbons (Fsp3) is 0.111. The number of halogens is 1. The molecule has 0 amide bonds. The van der Waals surface area contributed by atoms with E-state index in [2.05, 4.69) is 20.9 Å². The van der Waals surface area contributed by atoms with Crippen molar-refractivity contribution in [2.45, 2.75) is 4.90 Å². The summed E-state index contributed by atoms with van der Waals surface area (Å²) >= 11 is 3.29. The molecule has 0 unspecified atom stereocenters. The zero-order chi connectivity index (χ0) is 10.3. The maximum atomic E-state index is 11.3. The second-order valence-electron chi connectivity index (χ2n) is 3.14. The number of H-pyrrole nitrogens is 1. The smallest absolute Gasteiger partial charge is 0.175 e. The monoisotopic (exact) mass is 273 g/mol. The molecule has 0 aliphatic carbocycles. The molecule has 0 aliphatic heterocycles. The predicted octanol–water partition coefficient (Wildman–Crippen LogP) is 2.33. The Bertz CT molecular complexity index is 586. The third kappa shape index (κ3) is 1.69. The van der Waals surface area contributed by atoms with Crippen LogP contribution in [0.5, 0.6) is 0 Å². The van der Waals surface area contributed by atoms with Crippen molar-refractivity contribution in [3.63, 3.8) is 0 Å². The van der Waals surface area contributed by atoms with Crippen molar-refractivity contribution in [3.05, 3.63) is 28.9 Å². The van der Waals surface area contributed by atoms with Gasteiger partial charge in [0.2, 0.25) is 0 Å². The van der Waals surface area contributed by atoms with Crippen molar-refractivity contribution < 1.29 is 8.42 Å². The number of hydrogen-bond donors (Lipinski definition) is 1. The molecule has 1 aromatic heterocycles. The van der Waals surface area contributed by atoms with E-state index in [1.807, 2.05) is 6.07 Å². The molecule has 0 saturated heterocycles. The normalized spacial score (nSPS) is 12.1. The summed E-state index contributed by atoms with van der Waals surface area (Å²) in [5.41, 5.74) is 0.819. The summed E-state index contributed by atoms with van der Waals surface area (Å²) in [6, 6.07) is 6.93. The topological polar surface area (TPSA) is 49.9 Å². The average Bonchev–Trinajstić information content (AvgIpc) is 2.41. The Kier molecular flexibility index (Phi) is 2.16. The average molecular weight is 274 g/mol. The van der Waals surface area contributed by atoms with Crippen molar-refractivity contribution in [2.24, 2.45) is 0 Å². The van der Waals surface area contributed by atoms with Crippen LogP contribution in [0.1, 0.15) is 0 Å². The first kappa shape index (κ1) is 9.73. The lowest BCUT2D eigenvalue weighted by Gasteiger charge is -1.97. The van der Waals surface area contributed by atoms with Crippen molar-refractivity contribution in [2.75, 3.05) is 6.26 Å². The number of nitrogens with one attached hydrogen (secondary N) is 1. The lowest BCUT2D eigenvalue weighted by Crippen LogP contribution is -1.95. The van der Waals surface area contributed by atoms with Crippen molar-refractivity contribution in [1.82, 2.24) is 4.98 Å². The number of sulfone groups is 1. The van der Waals surface area contributed by atoms with Gasteiger partial charge in [0.1, 0.15) is 0 Å². The number of aromatic nitrogens is 1. The molecule has 0 fully saturated rings. The minimum absolute atomic E-state index is 0.333. The standard InChI is InChI=1S/C9H8BrNO2S/c1-14(12,13)7-3-2-6-4-9(10)11-8(6)5-7/h2-5,11H,1H3. The van der Waals surface area contributed by atoms with Crippen LogP contribution in [0.2, 0.25) is 0 Å². The maximum Gasteiger partial charge on any atom is 0.175 e. The van der Waals surface area contributed by atoms with E-state index in [-0.39, 0.29) is 0 Å². The Hall–Kier alpha value is -0.810. The highest BCUT2D eigenvalue weighted by Crippen LogP contribution is 2.22. The van der Waals surface area contributed by atoms with Gasteiger partial charge in [0.25, 0.3) is 0 Å². The summed E-state index contributed by atoms with van der Waals surface area (Å²) in [5.74, 6) is 0. The van der Waals surface area contributed by atoms with Crippen LogP contribution in [-0.2, 0) is 9.84 Å². The van der Waals surface area contributed by atoms with E-state index in [9.17, 15) is 8.42 Å². The molecule has 0 atom stereocenters. The van der Waals surface area contributed by atoms with E-state index in [0.717, 1.165) is 15.5 Å². The Balaban J connectivity index is 2.74. The van der Waals surface area contributed by atoms with Crippen LogP contribution in [-0.4, -0.2) is 19.7 Å². The van der Waals surface area contributed by atoms with Gasteiger partial charge in [-0.05, 0) is 34.1 Å². The Morgan fingerprint density at radius 1 is 1.29 bits per heavy atom. The van der Waals surface area contributed by atoms with E-state index in [0.29, 0.717) is 4.90 Å². The lowest BCUT2D eigenvalue weighted by molar-refractivity contribution is 0.602. The highest BCUT2D eigenvalue weighted by atomic mass is 79.9. The Labute approximate surface area is 90.2 Å². The van der Waals surface area contributed by atoms with Crippen LogP contribution >= 0.6 is 15.9 Å². The first-order valence-corrected chi connectivity index (χ1v) is 6.63. The maximum absolute atomic E-state index is 11.3. The lowest BCUT2D eigenvalue weighted by atomic mass is 10.2. The molecule has 0 radical (unpaired) electrons. The van der Waals surface area contributed by atoms with Gasteiger partial charge in [0.15, 0.2) is 9.84 Å². The van der Waals surface area contributed by atoms with Crippen molar-refractivity contribution in [1.29, 1.82) is 0 Å². The number of fused-ring (bicyclic) bond motifs is 1. The van der Waals surface area contributed by atoms with Crippen LogP contribution < -0.4 is 0 Å². The van der Waals surface area contributed by atoms with Crippen molar-refractivity contribution >= 4 is 36.7 Å². The van der Waals surface area contributed by atoms with Gasteiger partial charge in [-0.2, -0.15) is 0 Å². The molecule has 0 bridgehead atoms. The van der Waals surface area contributed by atoms with Gasteiger partial charge in [-0.25, -0.2) is 8.42 Å². The fourth-order valence-electron chi connectivity index (χ4n) is 1.30. The molecule has 0 aliphatic rings. The van der Waals surface area contributed by atoms with Gasteiger partial charge in [-0.1, -0.05) is 6.07 Å². The second-order valence-corrected chi connectivity index (χ2v) is 6.01. The number of hydrogen-bond acceptors (Lipinski definition) is 2. The third-order valence-corrected chi connectivity index (χ3v) is 3.53. The molecular formula is C9H8BrNO2S. The second kappa shape index (κ2) is 3.10. The van der Waals surface area contributed by atoms with Crippen molar-refractivity contribution in [3.8, 4) is 0 Å². The zero-order valence-corrected chi connectivity index (χ0v) is 9.81. The zero-order valence-electron chi connectivity index (χ0n) is 7.41. The van der Waals surface area contributed by atoms with Crippen LogP contribution in [0.3, 0.4) is 0 Å². The molecule has 1 heterocycles. The van der Waals surface area contributed by atoms with E-state index < -0.39 is 9.84 Å². The van der Waals surface area contributed by atoms with Crippen LogP contribution in [0.4, 0.5) is 0 Å². The van der Waals surface area contributed by atoms with Gasteiger partial charge in [0, 0.05) is 17.2 Å². The Morgan fingerprint density at radius 3 is 2.64 bits per heavy atom. The first-order chi connectivity index (χ1) is 6.47. The molecule has 2 rings (SSSR count). The molecule has 0 spiro atoms. The summed E-state index contributed by atoms with van der Waals surface area (Å²) in [6.45, 7) is 0. The third-order valence-electron chi connectivity index (χ3n) is 1.99. The van der Waals surface area contributed by atoms with E-state index in [1.54, 1.807) is 18.2 Å². The quantitative estimate of drug-likeness (QED) is 0.867. The number of aromatic amines is 1. The molecule has 3 nitrogen and oxygen atoms in total. The molecular weight excluding hydrogens is 266 g/mol. The summed E-state index contributed by atoms with van der Waals surface area (Å²) in [6.07, 6.45) is 1.20. The molecule has 1 aromatic carbocycles.